The van der Waals surface area contributed by atoms with Crippen molar-refractivity contribution >= 4 is 0 Å². The summed E-state index contributed by atoms with van der Waals surface area (Å²) in [4.78, 5) is 2.64. The van der Waals surface area contributed by atoms with Gasteiger partial charge in [0.05, 0.1) is 6.04 Å². The van der Waals surface area contributed by atoms with Gasteiger partial charge in [-0.1, -0.05) is 24.3 Å². The lowest BCUT2D eigenvalue weighted by molar-refractivity contribution is 0.0884. The van der Waals surface area contributed by atoms with Crippen molar-refractivity contribution < 1.29 is 9.13 Å². The zero-order valence-electron chi connectivity index (χ0n) is 15.1. The number of likely N-dealkylation sites (tertiary alicyclic amines) is 1. The third-order valence-electron chi connectivity index (χ3n) is 6.42. The highest BCUT2D eigenvalue weighted by atomic mass is 19.1. The second-order valence-electron chi connectivity index (χ2n) is 8.05. The first-order valence-electron chi connectivity index (χ1n) is 9.64. The van der Waals surface area contributed by atoms with Crippen LogP contribution in [0.3, 0.4) is 0 Å². The number of hydrogen-bond donors (Lipinski definition) is 1. The lowest BCUT2D eigenvalue weighted by Crippen LogP contribution is -2.40. The molecule has 1 N–H and O–H groups in total. The highest BCUT2D eigenvalue weighted by Crippen LogP contribution is 2.41. The highest BCUT2D eigenvalue weighted by Gasteiger charge is 2.44. The van der Waals surface area contributed by atoms with Crippen molar-refractivity contribution in [2.75, 3.05) is 26.2 Å². The van der Waals surface area contributed by atoms with Gasteiger partial charge in [-0.2, -0.15) is 0 Å². The number of aryl methyl sites for hydroxylation is 1. The Hall–Kier alpha value is -1.91. The van der Waals surface area contributed by atoms with E-state index in [2.05, 4.69) is 34.5 Å². The maximum absolute atomic E-state index is 13.5. The maximum Gasteiger partial charge on any atom is 0.140 e. The number of halogens is 1. The molecule has 5 rings (SSSR count). The van der Waals surface area contributed by atoms with Crippen molar-refractivity contribution in [2.24, 2.45) is 11.8 Å². The lowest BCUT2D eigenvalue weighted by Gasteiger charge is -2.31. The molecule has 2 aromatic rings. The Bertz CT molecular complexity index is 812. The van der Waals surface area contributed by atoms with Crippen LogP contribution in [0.15, 0.2) is 42.5 Å². The van der Waals surface area contributed by atoms with Crippen LogP contribution < -0.4 is 10.1 Å². The monoisotopic (exact) mass is 352 g/mol. The number of nitrogens with zero attached hydrogens (tertiary/aromatic N) is 1. The van der Waals surface area contributed by atoms with Crippen molar-refractivity contribution in [2.45, 2.75) is 25.5 Å². The largest absolute Gasteiger partial charge is 0.484 e. The molecule has 136 valence electrons. The molecule has 4 unspecified atom stereocenters. The third kappa shape index (κ3) is 2.72. The van der Waals surface area contributed by atoms with E-state index in [0.29, 0.717) is 6.04 Å². The Morgan fingerprint density at radius 2 is 1.85 bits per heavy atom. The number of rotatable bonds is 3. The van der Waals surface area contributed by atoms with Crippen LogP contribution in [0.4, 0.5) is 4.39 Å². The van der Waals surface area contributed by atoms with Gasteiger partial charge in [-0.05, 0) is 73.2 Å². The SMILES string of the molecule is Cc1cc(F)ccc1OC1c2ccccc2CC1N1CC2CNCC2C1. The molecule has 1 aliphatic carbocycles. The van der Waals surface area contributed by atoms with Crippen molar-refractivity contribution in [3.8, 4) is 5.75 Å². The van der Waals surface area contributed by atoms with E-state index in [1.165, 1.54) is 17.2 Å². The molecule has 0 aromatic heterocycles. The van der Waals surface area contributed by atoms with Gasteiger partial charge < -0.3 is 10.1 Å². The molecular weight excluding hydrogens is 327 g/mol. The van der Waals surface area contributed by atoms with E-state index in [1.807, 2.05) is 6.92 Å². The van der Waals surface area contributed by atoms with Crippen LogP contribution in [-0.2, 0) is 6.42 Å². The minimum absolute atomic E-state index is 0.0159. The summed E-state index contributed by atoms with van der Waals surface area (Å²) in [7, 11) is 0. The first-order valence-corrected chi connectivity index (χ1v) is 9.64. The molecule has 0 amide bonds. The summed E-state index contributed by atoms with van der Waals surface area (Å²) in [5, 5.41) is 3.52. The highest BCUT2D eigenvalue weighted by molar-refractivity contribution is 5.39. The fourth-order valence-electron chi connectivity index (χ4n) is 5.04. The average molecular weight is 352 g/mol. The molecular formula is C22H25FN2O. The topological polar surface area (TPSA) is 24.5 Å². The van der Waals surface area contributed by atoms with Crippen LogP contribution in [0.25, 0.3) is 0 Å². The summed E-state index contributed by atoms with van der Waals surface area (Å²) in [6.07, 6.45) is 1.05. The second kappa shape index (κ2) is 6.36. The molecule has 2 fully saturated rings. The number of benzene rings is 2. The molecule has 4 heteroatoms. The Morgan fingerprint density at radius 1 is 1.08 bits per heavy atom. The minimum atomic E-state index is -0.210. The number of ether oxygens (including phenoxy) is 1. The first-order chi connectivity index (χ1) is 12.7. The summed E-state index contributed by atoms with van der Waals surface area (Å²) in [5.74, 6) is 2.12. The first kappa shape index (κ1) is 16.3. The smallest absolute Gasteiger partial charge is 0.140 e. The summed E-state index contributed by atoms with van der Waals surface area (Å²) in [5.41, 5.74) is 3.53. The minimum Gasteiger partial charge on any atom is -0.484 e. The zero-order chi connectivity index (χ0) is 17.7. The van der Waals surface area contributed by atoms with Crippen molar-refractivity contribution in [1.29, 1.82) is 0 Å². The quantitative estimate of drug-likeness (QED) is 0.917. The van der Waals surface area contributed by atoms with Crippen LogP contribution in [0.1, 0.15) is 22.8 Å². The Balaban J connectivity index is 1.45. The van der Waals surface area contributed by atoms with E-state index in [1.54, 1.807) is 12.1 Å². The Kier molecular flexibility index (Phi) is 3.98. The molecule has 2 saturated heterocycles. The molecule has 0 spiro atoms. The van der Waals surface area contributed by atoms with Gasteiger partial charge >= 0.3 is 0 Å². The molecule has 4 atom stereocenters. The number of fused-ring (bicyclic) bond motifs is 2. The summed E-state index contributed by atoms with van der Waals surface area (Å²) >= 11 is 0. The number of nitrogens with one attached hydrogen (secondary N) is 1. The maximum atomic E-state index is 13.5. The molecule has 0 saturated carbocycles. The fourth-order valence-corrected chi connectivity index (χ4v) is 5.04. The van der Waals surface area contributed by atoms with Crippen LogP contribution in [-0.4, -0.2) is 37.1 Å². The Labute approximate surface area is 154 Å². The molecule has 3 nitrogen and oxygen atoms in total. The van der Waals surface area contributed by atoms with Crippen LogP contribution in [0, 0.1) is 24.6 Å². The van der Waals surface area contributed by atoms with Crippen molar-refractivity contribution in [3.05, 3.63) is 65.0 Å². The standard InChI is InChI=1S/C22H25FN2O/c1-14-8-18(23)6-7-21(14)26-22-19-5-3-2-4-15(19)9-20(22)25-12-16-10-24-11-17(16)13-25/h2-8,16-17,20,22,24H,9-13H2,1H3. The molecule has 26 heavy (non-hydrogen) atoms. The second-order valence-corrected chi connectivity index (χ2v) is 8.05. The van der Waals surface area contributed by atoms with E-state index in [9.17, 15) is 4.39 Å². The van der Waals surface area contributed by atoms with Gasteiger partial charge in [0.25, 0.3) is 0 Å². The summed E-state index contributed by atoms with van der Waals surface area (Å²) < 4.78 is 20.0. The lowest BCUT2D eigenvalue weighted by atomic mass is 10.0. The van der Waals surface area contributed by atoms with E-state index in [0.717, 1.165) is 55.7 Å². The molecule has 2 aromatic carbocycles. The van der Waals surface area contributed by atoms with Crippen molar-refractivity contribution in [3.63, 3.8) is 0 Å². The van der Waals surface area contributed by atoms with Crippen LogP contribution >= 0.6 is 0 Å². The fraction of sp³-hybridized carbons (Fsp3) is 0.455. The van der Waals surface area contributed by atoms with Crippen molar-refractivity contribution in [1.82, 2.24) is 10.2 Å². The predicted octanol–water partition coefficient (Wildman–Crippen LogP) is 3.33. The van der Waals surface area contributed by atoms with E-state index >= 15 is 0 Å². The van der Waals surface area contributed by atoms with Gasteiger partial charge in [-0.25, -0.2) is 4.39 Å². The molecule has 0 radical (unpaired) electrons. The molecule has 2 heterocycles. The van der Waals surface area contributed by atoms with Gasteiger partial charge in [0.2, 0.25) is 0 Å². The summed E-state index contributed by atoms with van der Waals surface area (Å²) in [6, 6.07) is 13.8. The van der Waals surface area contributed by atoms with E-state index in [-0.39, 0.29) is 11.9 Å². The molecule has 2 aliphatic heterocycles. The van der Waals surface area contributed by atoms with Crippen LogP contribution in [0.2, 0.25) is 0 Å². The predicted molar refractivity (Wildman–Crippen MR) is 99.9 cm³/mol. The third-order valence-corrected chi connectivity index (χ3v) is 6.42. The normalized spacial score (nSPS) is 30.4. The van der Waals surface area contributed by atoms with E-state index in [4.69, 9.17) is 4.74 Å². The zero-order valence-corrected chi connectivity index (χ0v) is 15.1. The number of hydrogen-bond acceptors (Lipinski definition) is 3. The van der Waals surface area contributed by atoms with E-state index < -0.39 is 0 Å². The molecule has 0 bridgehead atoms. The van der Waals surface area contributed by atoms with Gasteiger partial charge in [0, 0.05) is 13.1 Å². The molecule has 3 aliphatic rings. The van der Waals surface area contributed by atoms with Gasteiger partial charge in [0.15, 0.2) is 0 Å². The summed E-state index contributed by atoms with van der Waals surface area (Å²) in [6.45, 7) is 6.50. The average Bonchev–Trinajstić information content (AvgIpc) is 3.30. The van der Waals surface area contributed by atoms with Crippen LogP contribution in [0.5, 0.6) is 5.75 Å². The Morgan fingerprint density at radius 3 is 2.62 bits per heavy atom. The van der Waals surface area contributed by atoms with Gasteiger partial charge in [-0.3, -0.25) is 4.90 Å². The van der Waals surface area contributed by atoms with Gasteiger partial charge in [-0.15, -0.1) is 0 Å². The van der Waals surface area contributed by atoms with Gasteiger partial charge in [0.1, 0.15) is 17.7 Å².